The number of methoxy groups -OCH3 is 1. The maximum Gasteiger partial charge on any atom is 0.227 e. The minimum Gasteiger partial charge on any atom is -0.494 e. The van der Waals surface area contributed by atoms with Gasteiger partial charge >= 0.3 is 0 Å². The number of piperazine rings is 1. The minimum absolute atomic E-state index is 0.0325. The number of benzene rings is 1. The Bertz CT molecular complexity index is 1060. The average molecular weight is 442 g/mol. The van der Waals surface area contributed by atoms with E-state index in [0.717, 1.165) is 37.7 Å². The van der Waals surface area contributed by atoms with Gasteiger partial charge < -0.3 is 25.0 Å². The van der Waals surface area contributed by atoms with Crippen molar-refractivity contribution in [3.05, 3.63) is 59.6 Å². The third-order valence-electron chi connectivity index (χ3n) is 5.12. The van der Waals surface area contributed by atoms with Gasteiger partial charge in [0.2, 0.25) is 5.95 Å². The highest BCUT2D eigenvalue weighted by Crippen LogP contribution is 2.27. The number of aromatic nitrogens is 3. The predicted molar refractivity (Wildman–Crippen MR) is 117 cm³/mol. The van der Waals surface area contributed by atoms with E-state index in [1.807, 2.05) is 12.1 Å². The second-order valence-corrected chi connectivity index (χ2v) is 7.30. The summed E-state index contributed by atoms with van der Waals surface area (Å²) in [5.74, 6) is 0.0698. The lowest BCUT2D eigenvalue weighted by Gasteiger charge is -2.28. The van der Waals surface area contributed by atoms with Gasteiger partial charge in [-0.3, -0.25) is 0 Å². The quantitative estimate of drug-likeness (QED) is 0.577. The van der Waals surface area contributed by atoms with Crippen LogP contribution in [0.25, 0.3) is 0 Å². The lowest BCUT2D eigenvalue weighted by atomic mass is 10.1. The van der Waals surface area contributed by atoms with Gasteiger partial charge in [0.15, 0.2) is 17.3 Å². The zero-order valence-corrected chi connectivity index (χ0v) is 17.9. The summed E-state index contributed by atoms with van der Waals surface area (Å²) < 4.78 is 39.1. The van der Waals surface area contributed by atoms with E-state index in [-0.39, 0.29) is 29.2 Å². The summed E-state index contributed by atoms with van der Waals surface area (Å²) in [6.45, 7) is 4.96. The van der Waals surface area contributed by atoms with Crippen LogP contribution in [0.4, 0.5) is 26.2 Å². The van der Waals surface area contributed by atoms with Crippen LogP contribution >= 0.6 is 0 Å². The van der Waals surface area contributed by atoms with Crippen molar-refractivity contribution in [2.75, 3.05) is 43.5 Å². The van der Waals surface area contributed by atoms with E-state index in [1.54, 1.807) is 6.20 Å². The van der Waals surface area contributed by atoms with Gasteiger partial charge in [-0.15, -0.1) is 0 Å². The van der Waals surface area contributed by atoms with E-state index in [4.69, 9.17) is 9.47 Å². The molecule has 3 aromatic rings. The Labute approximate surface area is 184 Å². The largest absolute Gasteiger partial charge is 0.494 e. The molecule has 0 amide bonds. The van der Waals surface area contributed by atoms with Crippen LogP contribution in [-0.2, 0) is 6.61 Å². The number of rotatable bonds is 7. The first-order chi connectivity index (χ1) is 15.5. The predicted octanol–water partition coefficient (Wildman–Crippen LogP) is 3.20. The molecule has 0 atom stereocenters. The van der Waals surface area contributed by atoms with Crippen molar-refractivity contribution >= 4 is 17.5 Å². The highest BCUT2D eigenvalue weighted by atomic mass is 19.1. The maximum atomic E-state index is 14.4. The molecule has 1 fully saturated rings. The Balaban J connectivity index is 1.37. The lowest BCUT2D eigenvalue weighted by Crippen LogP contribution is -2.43. The summed E-state index contributed by atoms with van der Waals surface area (Å²) >= 11 is 0. The van der Waals surface area contributed by atoms with Crippen LogP contribution in [0, 0.1) is 18.6 Å². The number of hydrogen-bond acceptors (Lipinski definition) is 8. The number of pyridine rings is 1. The van der Waals surface area contributed by atoms with Gasteiger partial charge in [-0.1, -0.05) is 0 Å². The van der Waals surface area contributed by atoms with Crippen LogP contribution in [0.3, 0.4) is 0 Å². The molecule has 0 spiro atoms. The van der Waals surface area contributed by atoms with Gasteiger partial charge in [0.25, 0.3) is 0 Å². The SMILES string of the molecule is COc1cc(C)c(F)c(COc2cnc(Nc3ccc(N4CCNCC4)nc3)nc2)c1F. The standard InChI is InChI=1S/C22H24F2N6O2/c1-14-9-18(31-2)21(24)17(20(14)23)13-32-16-11-27-22(28-12-16)29-15-3-4-19(26-10-15)30-7-5-25-6-8-30/h3-4,9-12,25H,5-8,13H2,1-2H3,(H,27,28,29). The van der Waals surface area contributed by atoms with Crippen molar-refractivity contribution < 1.29 is 18.3 Å². The van der Waals surface area contributed by atoms with Gasteiger partial charge in [0, 0.05) is 26.2 Å². The van der Waals surface area contributed by atoms with Gasteiger partial charge in [-0.05, 0) is 30.7 Å². The molecular formula is C22H24F2N6O2. The molecule has 0 aliphatic carbocycles. The Kier molecular flexibility index (Phi) is 6.60. The third-order valence-corrected chi connectivity index (χ3v) is 5.12. The van der Waals surface area contributed by atoms with E-state index in [2.05, 4.69) is 30.5 Å². The fraction of sp³-hybridized carbons (Fsp3) is 0.318. The van der Waals surface area contributed by atoms with Gasteiger partial charge in [0.05, 0.1) is 37.0 Å². The van der Waals surface area contributed by atoms with E-state index in [1.165, 1.54) is 32.5 Å². The van der Waals surface area contributed by atoms with Crippen molar-refractivity contribution in [1.29, 1.82) is 0 Å². The molecule has 0 bridgehead atoms. The average Bonchev–Trinajstić information content (AvgIpc) is 2.83. The zero-order valence-electron chi connectivity index (χ0n) is 17.9. The third kappa shape index (κ3) is 4.86. The van der Waals surface area contributed by atoms with Crippen molar-refractivity contribution in [2.24, 2.45) is 0 Å². The molecule has 1 aliphatic rings. The second kappa shape index (κ2) is 9.73. The highest BCUT2D eigenvalue weighted by molar-refractivity contribution is 5.55. The number of nitrogens with one attached hydrogen (secondary N) is 2. The Hall–Kier alpha value is -3.53. The van der Waals surface area contributed by atoms with Crippen molar-refractivity contribution in [1.82, 2.24) is 20.3 Å². The summed E-state index contributed by atoms with van der Waals surface area (Å²) in [4.78, 5) is 15.1. The van der Waals surface area contributed by atoms with Crippen molar-refractivity contribution in [3.8, 4) is 11.5 Å². The lowest BCUT2D eigenvalue weighted by molar-refractivity contribution is 0.285. The first-order valence-electron chi connectivity index (χ1n) is 10.2. The first-order valence-corrected chi connectivity index (χ1v) is 10.2. The van der Waals surface area contributed by atoms with Crippen LogP contribution in [0.5, 0.6) is 11.5 Å². The Morgan fingerprint density at radius 1 is 1.06 bits per heavy atom. The summed E-state index contributed by atoms with van der Waals surface area (Å²) in [6, 6.07) is 5.17. The molecule has 168 valence electrons. The fourth-order valence-corrected chi connectivity index (χ4v) is 3.36. The summed E-state index contributed by atoms with van der Waals surface area (Å²) in [6.07, 6.45) is 4.59. The summed E-state index contributed by atoms with van der Waals surface area (Å²) in [5, 5.41) is 6.38. The topological polar surface area (TPSA) is 84.4 Å². The summed E-state index contributed by atoms with van der Waals surface area (Å²) in [7, 11) is 1.33. The number of hydrogen-bond donors (Lipinski definition) is 2. The maximum absolute atomic E-state index is 14.4. The van der Waals surface area contributed by atoms with Crippen LogP contribution < -0.4 is 25.0 Å². The van der Waals surface area contributed by atoms with Gasteiger partial charge in [-0.25, -0.2) is 23.7 Å². The van der Waals surface area contributed by atoms with Crippen molar-refractivity contribution in [2.45, 2.75) is 13.5 Å². The summed E-state index contributed by atoms with van der Waals surface area (Å²) in [5.41, 5.74) is 0.808. The molecule has 1 aliphatic heterocycles. The Morgan fingerprint density at radius 3 is 2.47 bits per heavy atom. The molecule has 0 saturated carbocycles. The minimum atomic E-state index is -0.786. The van der Waals surface area contributed by atoms with E-state index in [0.29, 0.717) is 5.95 Å². The molecule has 8 nitrogen and oxygen atoms in total. The van der Waals surface area contributed by atoms with E-state index >= 15 is 0 Å². The molecule has 32 heavy (non-hydrogen) atoms. The van der Waals surface area contributed by atoms with Crippen LogP contribution in [-0.4, -0.2) is 48.2 Å². The highest BCUT2D eigenvalue weighted by Gasteiger charge is 2.18. The monoisotopic (exact) mass is 442 g/mol. The van der Waals surface area contributed by atoms with Crippen LogP contribution in [0.1, 0.15) is 11.1 Å². The molecule has 1 aromatic carbocycles. The molecule has 3 heterocycles. The molecule has 2 aromatic heterocycles. The molecular weight excluding hydrogens is 418 g/mol. The van der Waals surface area contributed by atoms with Gasteiger partial charge in [-0.2, -0.15) is 0 Å². The van der Waals surface area contributed by atoms with Crippen LogP contribution in [0.15, 0.2) is 36.8 Å². The first kappa shape index (κ1) is 21.7. The Morgan fingerprint density at radius 2 is 1.81 bits per heavy atom. The molecule has 4 rings (SSSR count). The molecule has 2 N–H and O–H groups in total. The second-order valence-electron chi connectivity index (χ2n) is 7.30. The number of nitrogens with zero attached hydrogens (tertiary/aromatic N) is 4. The van der Waals surface area contributed by atoms with Gasteiger partial charge in [0.1, 0.15) is 18.2 Å². The molecule has 10 heteroatoms. The van der Waals surface area contributed by atoms with Crippen LogP contribution in [0.2, 0.25) is 0 Å². The number of aryl methyl sites for hydroxylation is 1. The number of halogens is 2. The smallest absolute Gasteiger partial charge is 0.227 e. The van der Waals surface area contributed by atoms with E-state index < -0.39 is 11.6 Å². The molecule has 0 radical (unpaired) electrons. The number of ether oxygens (including phenoxy) is 2. The van der Waals surface area contributed by atoms with E-state index in [9.17, 15) is 8.78 Å². The molecule has 0 unspecified atom stereocenters. The fourth-order valence-electron chi connectivity index (χ4n) is 3.36. The van der Waals surface area contributed by atoms with Crippen molar-refractivity contribution in [3.63, 3.8) is 0 Å². The normalized spacial score (nSPS) is 13.7. The number of anilines is 3. The molecule has 1 saturated heterocycles. The zero-order chi connectivity index (χ0) is 22.5.